The van der Waals surface area contributed by atoms with Crippen molar-refractivity contribution in [2.45, 2.75) is 13.5 Å². The Kier molecular flexibility index (Phi) is 6.17. The summed E-state index contributed by atoms with van der Waals surface area (Å²) in [5, 5.41) is 4.83. The van der Waals surface area contributed by atoms with Gasteiger partial charge in [0.25, 0.3) is 0 Å². The smallest absolute Gasteiger partial charge is 0.244 e. The Balaban J connectivity index is 1.99. The second-order valence-electron chi connectivity index (χ2n) is 5.58. The van der Waals surface area contributed by atoms with Gasteiger partial charge in [0, 0.05) is 17.5 Å². The van der Waals surface area contributed by atoms with E-state index in [9.17, 15) is 13.2 Å². The van der Waals surface area contributed by atoms with Crippen LogP contribution in [0.25, 0.3) is 12.2 Å². The number of benzene rings is 1. The summed E-state index contributed by atoms with van der Waals surface area (Å²) in [7, 11) is -3.36. The lowest BCUT2D eigenvalue weighted by molar-refractivity contribution is -0.116. The van der Waals surface area contributed by atoms with Gasteiger partial charge in [-0.05, 0) is 53.3 Å². The van der Waals surface area contributed by atoms with Crippen molar-refractivity contribution >= 4 is 45.1 Å². The maximum absolute atomic E-state index is 11.9. The van der Waals surface area contributed by atoms with Crippen LogP contribution in [0.5, 0.6) is 0 Å². The van der Waals surface area contributed by atoms with Crippen molar-refractivity contribution in [3.05, 3.63) is 63.9 Å². The maximum Gasteiger partial charge on any atom is 0.244 e. The summed E-state index contributed by atoms with van der Waals surface area (Å²) in [5.41, 5.74) is 3.13. The Morgan fingerprint density at radius 3 is 2.68 bits per heavy atom. The van der Waals surface area contributed by atoms with Gasteiger partial charge < -0.3 is 5.32 Å². The number of nitrogens with one attached hydrogen (secondary N) is 2. The molecule has 0 fully saturated rings. The Labute approximate surface area is 152 Å². The van der Waals surface area contributed by atoms with Gasteiger partial charge in [-0.2, -0.15) is 0 Å². The molecule has 2 N–H and O–H groups in total. The lowest BCUT2D eigenvalue weighted by atomic mass is 10.1. The van der Waals surface area contributed by atoms with E-state index in [1.165, 1.54) is 11.6 Å². The van der Waals surface area contributed by atoms with Crippen molar-refractivity contribution in [2.24, 2.45) is 0 Å². The van der Waals surface area contributed by atoms with Gasteiger partial charge in [-0.25, -0.2) is 8.42 Å². The number of anilines is 1. The highest BCUT2D eigenvalue weighted by Crippen LogP contribution is 2.20. The van der Waals surface area contributed by atoms with Gasteiger partial charge in [0.2, 0.25) is 15.9 Å². The number of carbonyl (C=O) groups excluding carboxylic acids is 1. The summed E-state index contributed by atoms with van der Waals surface area (Å²) in [6.45, 7) is 6.04. The third-order valence-electron chi connectivity index (χ3n) is 3.25. The third kappa shape index (κ3) is 6.21. The summed E-state index contributed by atoms with van der Waals surface area (Å²) >= 11 is 1.58. The first-order chi connectivity index (χ1) is 11.8. The van der Waals surface area contributed by atoms with Crippen LogP contribution in [0.15, 0.2) is 42.3 Å². The molecule has 0 atom stereocenters. The number of thiophene rings is 1. The molecule has 0 bridgehead atoms. The van der Waals surface area contributed by atoms with Gasteiger partial charge in [-0.1, -0.05) is 18.7 Å². The minimum Gasteiger partial charge on any atom is -0.348 e. The zero-order valence-electron chi connectivity index (χ0n) is 14.1. The molecule has 0 radical (unpaired) electrons. The molecule has 1 heterocycles. The fraction of sp³-hybridized carbons (Fsp3) is 0.167. The lowest BCUT2D eigenvalue weighted by Crippen LogP contribution is -2.20. The van der Waals surface area contributed by atoms with E-state index in [2.05, 4.69) is 16.6 Å². The van der Waals surface area contributed by atoms with Crippen LogP contribution in [-0.4, -0.2) is 20.6 Å². The Bertz CT molecular complexity index is 912. The molecule has 2 rings (SSSR count). The van der Waals surface area contributed by atoms with Crippen molar-refractivity contribution in [3.63, 3.8) is 0 Å². The average molecular weight is 377 g/mol. The van der Waals surface area contributed by atoms with Crippen LogP contribution < -0.4 is 10.0 Å². The van der Waals surface area contributed by atoms with E-state index >= 15 is 0 Å². The molecule has 132 valence electrons. The topological polar surface area (TPSA) is 75.3 Å². The molecule has 0 aliphatic rings. The standard InChI is InChI=1S/C18H20N2O3S2/c1-4-15-10-14(5-7-17(15)20-25(3,22)23)11-19-18(21)8-6-16-9-13(2)12-24-16/h4-10,12,20H,1,11H2,2-3H3,(H,19,21). The average Bonchev–Trinajstić information content (AvgIpc) is 2.96. The summed E-state index contributed by atoms with van der Waals surface area (Å²) in [5.74, 6) is -0.190. The molecule has 2 aromatic rings. The second-order valence-corrected chi connectivity index (χ2v) is 8.27. The van der Waals surface area contributed by atoms with Crippen LogP contribution in [-0.2, 0) is 21.4 Å². The number of sulfonamides is 1. The molecule has 0 spiro atoms. The maximum atomic E-state index is 11.9. The predicted molar refractivity (Wildman–Crippen MR) is 105 cm³/mol. The van der Waals surface area contributed by atoms with Gasteiger partial charge in [-0.15, -0.1) is 11.3 Å². The molecule has 1 amide bonds. The van der Waals surface area contributed by atoms with Gasteiger partial charge >= 0.3 is 0 Å². The van der Waals surface area contributed by atoms with Gasteiger partial charge in [0.1, 0.15) is 0 Å². The molecule has 5 nitrogen and oxygen atoms in total. The first kappa shape index (κ1) is 19.0. The monoisotopic (exact) mass is 376 g/mol. The SMILES string of the molecule is C=Cc1cc(CNC(=O)C=Cc2cc(C)cs2)ccc1NS(C)(=O)=O. The Morgan fingerprint density at radius 1 is 1.32 bits per heavy atom. The highest BCUT2D eigenvalue weighted by Gasteiger charge is 2.07. The van der Waals surface area contributed by atoms with E-state index in [1.54, 1.807) is 41.7 Å². The third-order valence-corrected chi connectivity index (χ3v) is 4.85. The summed E-state index contributed by atoms with van der Waals surface area (Å²) in [4.78, 5) is 12.9. The number of hydrogen-bond donors (Lipinski definition) is 2. The first-order valence-electron chi connectivity index (χ1n) is 7.51. The molecule has 0 aliphatic carbocycles. The zero-order chi connectivity index (χ0) is 18.4. The van der Waals surface area contributed by atoms with Crippen molar-refractivity contribution in [1.82, 2.24) is 5.32 Å². The molecule has 7 heteroatoms. The molecule has 0 saturated heterocycles. The fourth-order valence-corrected chi connectivity index (χ4v) is 3.51. The van der Waals surface area contributed by atoms with Crippen LogP contribution in [0, 0.1) is 6.92 Å². The second kappa shape index (κ2) is 8.13. The minimum absolute atomic E-state index is 0.190. The van der Waals surface area contributed by atoms with Gasteiger partial charge in [0.05, 0.1) is 11.9 Å². The molecular formula is C18H20N2O3S2. The van der Waals surface area contributed by atoms with Crippen molar-refractivity contribution < 1.29 is 13.2 Å². The number of rotatable bonds is 7. The van der Waals surface area contributed by atoms with E-state index in [4.69, 9.17) is 0 Å². The van der Waals surface area contributed by atoms with Crippen molar-refractivity contribution in [2.75, 3.05) is 11.0 Å². The molecular weight excluding hydrogens is 356 g/mol. The number of aryl methyl sites for hydroxylation is 1. The van der Waals surface area contributed by atoms with Crippen molar-refractivity contribution in [1.29, 1.82) is 0 Å². The van der Waals surface area contributed by atoms with E-state index in [0.717, 1.165) is 16.7 Å². The van der Waals surface area contributed by atoms with Crippen LogP contribution in [0.3, 0.4) is 0 Å². The van der Waals surface area contributed by atoms with Crippen molar-refractivity contribution in [3.8, 4) is 0 Å². The van der Waals surface area contributed by atoms with Gasteiger partial charge in [-0.3, -0.25) is 9.52 Å². The first-order valence-corrected chi connectivity index (χ1v) is 10.3. The summed E-state index contributed by atoms with van der Waals surface area (Å²) < 4.78 is 25.1. The summed E-state index contributed by atoms with van der Waals surface area (Å²) in [6, 6.07) is 7.21. The molecule has 1 aromatic heterocycles. The van der Waals surface area contributed by atoms with Crippen LogP contribution >= 0.6 is 11.3 Å². The zero-order valence-corrected chi connectivity index (χ0v) is 15.7. The molecule has 25 heavy (non-hydrogen) atoms. The van der Waals surface area contributed by atoms with E-state index < -0.39 is 10.0 Å². The number of carbonyl (C=O) groups is 1. The molecule has 0 aliphatic heterocycles. The van der Waals surface area contributed by atoms with E-state index in [1.807, 2.05) is 18.4 Å². The van der Waals surface area contributed by atoms with E-state index in [-0.39, 0.29) is 5.91 Å². The minimum atomic E-state index is -3.36. The fourth-order valence-electron chi connectivity index (χ4n) is 2.13. The normalized spacial score (nSPS) is 11.4. The number of amides is 1. The molecule has 0 saturated carbocycles. The number of hydrogen-bond acceptors (Lipinski definition) is 4. The quantitative estimate of drug-likeness (QED) is 0.727. The van der Waals surface area contributed by atoms with E-state index in [0.29, 0.717) is 17.8 Å². The molecule has 1 aromatic carbocycles. The molecule has 0 unspecified atom stereocenters. The lowest BCUT2D eigenvalue weighted by Gasteiger charge is -2.10. The van der Waals surface area contributed by atoms with Crippen LogP contribution in [0.4, 0.5) is 5.69 Å². The highest BCUT2D eigenvalue weighted by atomic mass is 32.2. The Hall–Kier alpha value is -2.38. The van der Waals surface area contributed by atoms with Gasteiger partial charge in [0.15, 0.2) is 0 Å². The summed E-state index contributed by atoms with van der Waals surface area (Å²) in [6.07, 6.45) is 5.94. The van der Waals surface area contributed by atoms with Crippen LogP contribution in [0.1, 0.15) is 21.6 Å². The Morgan fingerprint density at radius 2 is 2.08 bits per heavy atom. The van der Waals surface area contributed by atoms with Crippen LogP contribution in [0.2, 0.25) is 0 Å². The largest absolute Gasteiger partial charge is 0.348 e. The highest BCUT2D eigenvalue weighted by molar-refractivity contribution is 7.92. The predicted octanol–water partition coefficient (Wildman–Crippen LogP) is 3.40.